The fourth-order valence-corrected chi connectivity index (χ4v) is 9.18. The quantitative estimate of drug-likeness (QED) is 0.552. The summed E-state index contributed by atoms with van der Waals surface area (Å²) in [5.74, 6) is -0.0389. The Morgan fingerprint density at radius 1 is 0.864 bits per heavy atom. The van der Waals surface area contributed by atoms with E-state index in [9.17, 15) is 4.79 Å². The molecule has 1 aliphatic rings. The predicted octanol–water partition coefficient (Wildman–Crippen LogP) is 1.73. The van der Waals surface area contributed by atoms with Crippen LogP contribution in [0, 0.1) is 13.8 Å². The van der Waals surface area contributed by atoms with E-state index in [4.69, 9.17) is 4.74 Å². The van der Waals surface area contributed by atoms with Crippen molar-refractivity contribution in [2.45, 2.75) is 23.5 Å². The van der Waals surface area contributed by atoms with Gasteiger partial charge < -0.3 is 0 Å². The molecule has 114 valence electrons. The Hall–Kier alpha value is -1.05. The summed E-state index contributed by atoms with van der Waals surface area (Å²) >= 11 is 0.496. The molecule has 2 aromatic rings. The fraction of sp³-hybridized carbons (Fsp3) is 0.278. The molecule has 0 amide bonds. The first-order chi connectivity index (χ1) is 10.5. The van der Waals surface area contributed by atoms with Crippen LogP contribution in [-0.4, -0.2) is 42.5 Å². The summed E-state index contributed by atoms with van der Waals surface area (Å²) < 4.78 is 8.07. The zero-order valence-electron chi connectivity index (χ0n) is 12.7. The van der Waals surface area contributed by atoms with E-state index < -0.39 is 0 Å². The molecule has 4 heteroatoms. The first kappa shape index (κ1) is 15.8. The van der Waals surface area contributed by atoms with Crippen molar-refractivity contribution in [2.75, 3.05) is 6.61 Å². The minimum absolute atomic E-state index is 0.0155. The van der Waals surface area contributed by atoms with Crippen LogP contribution in [0.25, 0.3) is 0 Å². The molecule has 0 bridgehead atoms. The fourth-order valence-electron chi connectivity index (χ4n) is 2.31. The van der Waals surface area contributed by atoms with Crippen molar-refractivity contribution in [3.63, 3.8) is 0 Å². The van der Waals surface area contributed by atoms with E-state index in [-0.39, 0.29) is 39.1 Å². The molecule has 0 aliphatic carbocycles. The molecule has 1 aliphatic heterocycles. The Morgan fingerprint density at radius 3 is 1.68 bits per heavy atom. The molecule has 0 aromatic heterocycles. The van der Waals surface area contributed by atoms with Crippen molar-refractivity contribution in [1.29, 1.82) is 0 Å². The second-order valence-corrected chi connectivity index (χ2v) is 13.0. The molecule has 22 heavy (non-hydrogen) atoms. The van der Waals surface area contributed by atoms with Crippen LogP contribution in [0.15, 0.2) is 48.5 Å². The van der Waals surface area contributed by atoms with Crippen molar-refractivity contribution in [2.24, 2.45) is 0 Å². The number of carbonyl (C=O) groups excluding carboxylic acids is 1. The summed E-state index contributed by atoms with van der Waals surface area (Å²) in [7, 11) is 0. The summed E-state index contributed by atoms with van der Waals surface area (Å²) in [5, 5.41) is 0. The van der Waals surface area contributed by atoms with Gasteiger partial charge in [0, 0.05) is 0 Å². The van der Waals surface area contributed by atoms with Gasteiger partial charge in [0.05, 0.1) is 0 Å². The van der Waals surface area contributed by atoms with E-state index in [1.54, 1.807) is 0 Å². The van der Waals surface area contributed by atoms with Crippen molar-refractivity contribution in [3.05, 3.63) is 59.7 Å². The zero-order chi connectivity index (χ0) is 15.6. The summed E-state index contributed by atoms with van der Waals surface area (Å²) in [6.45, 7) is 4.78. The van der Waals surface area contributed by atoms with Gasteiger partial charge >= 0.3 is 144 Å². The van der Waals surface area contributed by atoms with Crippen molar-refractivity contribution < 1.29 is 9.53 Å². The Bertz CT molecular complexity index is 615. The van der Waals surface area contributed by atoms with Crippen LogP contribution >= 0.6 is 0 Å². The molecule has 0 atom stereocenters. The summed E-state index contributed by atoms with van der Waals surface area (Å²) in [6, 6.07) is 17.4. The Balaban J connectivity index is 1.83. The van der Waals surface area contributed by atoms with Crippen LogP contribution < -0.4 is 8.92 Å². The third-order valence-electron chi connectivity index (χ3n) is 3.52. The second-order valence-electron chi connectivity index (χ2n) is 5.58. The number of hydrogen-bond acceptors (Lipinski definition) is 2. The Kier molecular flexibility index (Phi) is 4.75. The molecule has 2 aromatic carbocycles. The van der Waals surface area contributed by atoms with Gasteiger partial charge in [-0.15, -0.1) is 0 Å². The van der Waals surface area contributed by atoms with E-state index in [0.717, 1.165) is 0 Å². The van der Waals surface area contributed by atoms with Gasteiger partial charge in [0.2, 0.25) is 0 Å². The Morgan fingerprint density at radius 2 is 1.32 bits per heavy atom. The zero-order valence-corrected chi connectivity index (χ0v) is 16.1. The first-order valence-corrected chi connectivity index (χ1v) is 10.6. The molecule has 2 nitrogen and oxygen atoms in total. The first-order valence-electron chi connectivity index (χ1n) is 7.22. The van der Waals surface area contributed by atoms with E-state index in [1.165, 1.54) is 20.1 Å². The third kappa shape index (κ3) is 3.83. The number of esters is 1. The summed E-state index contributed by atoms with van der Waals surface area (Å²) in [4.78, 5) is 11.7. The third-order valence-corrected chi connectivity index (χ3v) is 10.1. The van der Waals surface area contributed by atoms with Gasteiger partial charge in [-0.2, -0.15) is 0 Å². The predicted molar refractivity (Wildman–Crippen MR) is 91.4 cm³/mol. The van der Waals surface area contributed by atoms with Crippen LogP contribution in [-0.2, 0) is 9.53 Å². The molecule has 0 N–H and O–H groups in total. The van der Waals surface area contributed by atoms with Crippen molar-refractivity contribution >= 4 is 44.8 Å². The van der Waals surface area contributed by atoms with Gasteiger partial charge in [-0.25, -0.2) is 0 Å². The summed E-state index contributed by atoms with van der Waals surface area (Å²) in [6.07, 6.45) is 0.564. The Labute approximate surface area is 144 Å². The van der Waals surface area contributed by atoms with Crippen molar-refractivity contribution in [3.8, 4) is 0 Å². The molecule has 0 unspecified atom stereocenters. The van der Waals surface area contributed by atoms with E-state index in [2.05, 4.69) is 62.4 Å². The SMILES string of the molecule is Cc1ccc([Se]C2([Se]c3ccc(C)cc3)COC(=O)C2)cc1. The minimum atomic E-state index is -0.0389. The van der Waals surface area contributed by atoms with E-state index in [0.29, 0.717) is 13.0 Å². The molecule has 0 radical (unpaired) electrons. The van der Waals surface area contributed by atoms with Crippen LogP contribution in [0.2, 0.25) is 3.21 Å². The molecule has 1 fully saturated rings. The van der Waals surface area contributed by atoms with Gasteiger partial charge in [0.1, 0.15) is 0 Å². The number of rotatable bonds is 4. The second kappa shape index (κ2) is 6.60. The number of carbonyl (C=O) groups is 1. The average molecular weight is 424 g/mol. The molecular formula is C18H18O2Se2. The molecular weight excluding hydrogens is 406 g/mol. The van der Waals surface area contributed by atoms with Gasteiger partial charge in [-0.1, -0.05) is 0 Å². The standard InChI is InChI=1S/C18H18O2Se2/c1-13-3-7-15(8-4-13)21-18(11-17(19)20-12-18)22-16-9-5-14(2)6-10-16/h3-10H,11-12H2,1-2H3. The maximum atomic E-state index is 11.7. The van der Waals surface area contributed by atoms with E-state index >= 15 is 0 Å². The normalized spacial score (nSPS) is 16.5. The number of cyclic esters (lactones) is 1. The topological polar surface area (TPSA) is 26.3 Å². The van der Waals surface area contributed by atoms with Crippen LogP contribution in [0.5, 0.6) is 0 Å². The number of aryl methyl sites for hydroxylation is 2. The maximum absolute atomic E-state index is 11.7. The summed E-state index contributed by atoms with van der Waals surface area (Å²) in [5.41, 5.74) is 2.55. The monoisotopic (exact) mass is 426 g/mol. The van der Waals surface area contributed by atoms with E-state index in [1.807, 2.05) is 0 Å². The van der Waals surface area contributed by atoms with Gasteiger partial charge in [-0.3, -0.25) is 0 Å². The number of ether oxygens (including phenoxy) is 1. The average Bonchev–Trinajstić information content (AvgIpc) is 2.85. The molecule has 1 saturated heterocycles. The van der Waals surface area contributed by atoms with Crippen LogP contribution in [0.4, 0.5) is 0 Å². The van der Waals surface area contributed by atoms with Crippen LogP contribution in [0.3, 0.4) is 0 Å². The van der Waals surface area contributed by atoms with Crippen LogP contribution in [0.1, 0.15) is 17.5 Å². The molecule has 3 rings (SSSR count). The molecule has 0 spiro atoms. The van der Waals surface area contributed by atoms with Gasteiger partial charge in [0.15, 0.2) is 0 Å². The number of benzene rings is 2. The van der Waals surface area contributed by atoms with Crippen molar-refractivity contribution in [1.82, 2.24) is 0 Å². The number of hydrogen-bond donors (Lipinski definition) is 0. The van der Waals surface area contributed by atoms with Gasteiger partial charge in [0.25, 0.3) is 0 Å². The molecule has 1 heterocycles. The molecule has 0 saturated carbocycles. The van der Waals surface area contributed by atoms with Gasteiger partial charge in [-0.05, 0) is 0 Å².